The van der Waals surface area contributed by atoms with Gasteiger partial charge in [0.2, 0.25) is 5.91 Å². The minimum Gasteiger partial charge on any atom is -0.390 e. The van der Waals surface area contributed by atoms with E-state index in [4.69, 9.17) is 0 Å². The maximum atomic E-state index is 12.3. The molecular formula is C25H31N5O3. The highest BCUT2D eigenvalue weighted by molar-refractivity contribution is 5.95. The van der Waals surface area contributed by atoms with Crippen molar-refractivity contribution in [1.29, 1.82) is 0 Å². The lowest BCUT2D eigenvalue weighted by Gasteiger charge is -2.28. The number of hydrogen-bond donors (Lipinski definition) is 3. The van der Waals surface area contributed by atoms with Crippen LogP contribution in [0.4, 0.5) is 22.0 Å². The smallest absolute Gasteiger partial charge is 0.325 e. The number of fused-ring (bicyclic) bond motifs is 1. The molecule has 1 fully saturated rings. The Labute approximate surface area is 193 Å². The number of amides is 2. The first kappa shape index (κ1) is 22.8. The monoisotopic (exact) mass is 449 g/mol. The number of carbonyl (C=O) groups is 2. The van der Waals surface area contributed by atoms with E-state index in [1.165, 1.54) is 0 Å². The van der Waals surface area contributed by atoms with Crippen LogP contribution in [0.15, 0.2) is 42.6 Å². The van der Waals surface area contributed by atoms with Crippen LogP contribution in [0, 0.1) is 12.8 Å². The molecule has 0 aliphatic heterocycles. The number of aryl methyl sites for hydroxylation is 1. The Morgan fingerprint density at radius 1 is 1.18 bits per heavy atom. The van der Waals surface area contributed by atoms with Gasteiger partial charge in [-0.3, -0.25) is 9.36 Å². The summed E-state index contributed by atoms with van der Waals surface area (Å²) in [5.41, 5.74) is 2.62. The van der Waals surface area contributed by atoms with Gasteiger partial charge in [-0.05, 0) is 70.4 Å². The molecule has 2 heterocycles. The van der Waals surface area contributed by atoms with E-state index in [1.807, 2.05) is 43.3 Å². The van der Waals surface area contributed by atoms with Crippen molar-refractivity contribution in [3.8, 4) is 0 Å². The fraction of sp³-hybridized carbons (Fsp3) is 0.400. The van der Waals surface area contributed by atoms with Crippen LogP contribution in [0.2, 0.25) is 0 Å². The minimum absolute atomic E-state index is 0.00938. The van der Waals surface area contributed by atoms with Gasteiger partial charge in [-0.25, -0.2) is 9.78 Å². The Bertz CT molecular complexity index is 1190. The topological polar surface area (TPSA) is 99.5 Å². The van der Waals surface area contributed by atoms with E-state index < -0.39 is 5.60 Å². The maximum absolute atomic E-state index is 12.3. The van der Waals surface area contributed by atoms with Gasteiger partial charge in [0.1, 0.15) is 5.82 Å². The molecule has 2 aromatic heterocycles. The summed E-state index contributed by atoms with van der Waals surface area (Å²) < 4.78 is 1.65. The summed E-state index contributed by atoms with van der Waals surface area (Å²) in [7, 11) is 1.61. The van der Waals surface area contributed by atoms with Gasteiger partial charge in [0, 0.05) is 54.2 Å². The van der Waals surface area contributed by atoms with E-state index in [-0.39, 0.29) is 17.9 Å². The molecule has 174 valence electrons. The number of aliphatic hydroxyl groups is 1. The summed E-state index contributed by atoms with van der Waals surface area (Å²) in [6, 6.07) is 11.5. The Hall–Kier alpha value is -3.39. The zero-order valence-electron chi connectivity index (χ0n) is 19.6. The fourth-order valence-corrected chi connectivity index (χ4v) is 3.91. The van der Waals surface area contributed by atoms with E-state index >= 15 is 0 Å². The van der Waals surface area contributed by atoms with E-state index in [9.17, 15) is 14.7 Å². The second-order valence-electron chi connectivity index (χ2n) is 9.30. The third-order valence-electron chi connectivity index (χ3n) is 5.90. The molecule has 1 aliphatic rings. The molecule has 3 aromatic rings. The molecule has 8 nitrogen and oxygen atoms in total. The number of rotatable bonds is 7. The van der Waals surface area contributed by atoms with Crippen LogP contribution < -0.4 is 15.5 Å². The van der Waals surface area contributed by atoms with E-state index in [0.29, 0.717) is 18.8 Å². The second kappa shape index (κ2) is 8.86. The summed E-state index contributed by atoms with van der Waals surface area (Å²) in [6.45, 7) is 6.03. The molecule has 0 saturated heterocycles. The molecule has 1 saturated carbocycles. The molecule has 33 heavy (non-hydrogen) atoms. The average Bonchev–Trinajstić information content (AvgIpc) is 3.55. The number of carbonyl (C=O) groups excluding carboxylic acids is 2. The third kappa shape index (κ3) is 5.17. The molecule has 1 aromatic carbocycles. The van der Waals surface area contributed by atoms with Crippen molar-refractivity contribution in [2.75, 3.05) is 23.8 Å². The van der Waals surface area contributed by atoms with Gasteiger partial charge >= 0.3 is 6.03 Å². The maximum Gasteiger partial charge on any atom is 0.325 e. The highest BCUT2D eigenvalue weighted by Gasteiger charge is 2.30. The quantitative estimate of drug-likeness (QED) is 0.503. The van der Waals surface area contributed by atoms with Crippen LogP contribution in [0.3, 0.4) is 0 Å². The minimum atomic E-state index is -0.836. The largest absolute Gasteiger partial charge is 0.390 e. The molecule has 3 N–H and O–H groups in total. The number of nitrogens with one attached hydrogen (secondary N) is 2. The van der Waals surface area contributed by atoms with E-state index in [2.05, 4.69) is 20.5 Å². The first-order valence-electron chi connectivity index (χ1n) is 11.3. The van der Waals surface area contributed by atoms with Gasteiger partial charge < -0.3 is 20.6 Å². The summed E-state index contributed by atoms with van der Waals surface area (Å²) in [5.74, 6) is 0.618. The molecule has 0 atom stereocenters. The second-order valence-corrected chi connectivity index (χ2v) is 9.30. The first-order valence-corrected chi connectivity index (χ1v) is 11.3. The SMILES string of the molecule is CNC(=O)n1c(C)cc2cc(N(CCC(C)(C)O)c3ccnc(NC(=O)C4CC4)c3)ccc21. The Morgan fingerprint density at radius 3 is 2.58 bits per heavy atom. The van der Waals surface area contributed by atoms with Crippen molar-refractivity contribution in [3.05, 3.63) is 48.3 Å². The number of pyridine rings is 1. The molecule has 0 spiro atoms. The van der Waals surface area contributed by atoms with Crippen molar-refractivity contribution in [3.63, 3.8) is 0 Å². The molecule has 0 bridgehead atoms. The lowest BCUT2D eigenvalue weighted by molar-refractivity contribution is -0.117. The van der Waals surface area contributed by atoms with Crippen molar-refractivity contribution in [2.24, 2.45) is 5.92 Å². The fourth-order valence-electron chi connectivity index (χ4n) is 3.91. The van der Waals surface area contributed by atoms with Gasteiger partial charge in [-0.15, -0.1) is 0 Å². The van der Waals surface area contributed by atoms with Crippen LogP contribution in [0.25, 0.3) is 10.9 Å². The number of nitrogens with zero attached hydrogens (tertiary/aromatic N) is 3. The van der Waals surface area contributed by atoms with Crippen LogP contribution >= 0.6 is 0 Å². The predicted molar refractivity (Wildman–Crippen MR) is 130 cm³/mol. The Morgan fingerprint density at radius 2 is 1.91 bits per heavy atom. The van der Waals surface area contributed by atoms with Gasteiger partial charge in [-0.2, -0.15) is 0 Å². The van der Waals surface area contributed by atoms with Crippen molar-refractivity contribution in [1.82, 2.24) is 14.9 Å². The van der Waals surface area contributed by atoms with E-state index in [1.54, 1.807) is 31.7 Å². The van der Waals surface area contributed by atoms with Crippen molar-refractivity contribution < 1.29 is 14.7 Å². The molecule has 2 amide bonds. The summed E-state index contributed by atoms with van der Waals surface area (Å²) in [6.07, 6.45) is 4.08. The van der Waals surface area contributed by atoms with Gasteiger partial charge in [0.15, 0.2) is 0 Å². The third-order valence-corrected chi connectivity index (χ3v) is 5.90. The highest BCUT2D eigenvalue weighted by Crippen LogP contribution is 2.33. The number of benzene rings is 1. The molecular weight excluding hydrogens is 418 g/mol. The average molecular weight is 450 g/mol. The Kier molecular flexibility index (Phi) is 6.12. The van der Waals surface area contributed by atoms with Crippen LogP contribution in [0.5, 0.6) is 0 Å². The van der Waals surface area contributed by atoms with Crippen molar-refractivity contribution >= 4 is 40.0 Å². The van der Waals surface area contributed by atoms with E-state index in [0.717, 1.165) is 40.8 Å². The number of anilines is 3. The molecule has 4 rings (SSSR count). The summed E-state index contributed by atoms with van der Waals surface area (Å²) in [5, 5.41) is 16.9. The number of hydrogen-bond acceptors (Lipinski definition) is 5. The van der Waals surface area contributed by atoms with Crippen LogP contribution in [-0.4, -0.2) is 45.8 Å². The zero-order valence-corrected chi connectivity index (χ0v) is 19.6. The molecule has 1 aliphatic carbocycles. The Balaban J connectivity index is 1.70. The van der Waals surface area contributed by atoms with Gasteiger partial charge in [0.25, 0.3) is 0 Å². The highest BCUT2D eigenvalue weighted by atomic mass is 16.3. The van der Waals surface area contributed by atoms with Crippen molar-refractivity contribution in [2.45, 2.75) is 45.6 Å². The van der Waals surface area contributed by atoms with Crippen LogP contribution in [-0.2, 0) is 4.79 Å². The zero-order chi connectivity index (χ0) is 23.8. The lowest BCUT2D eigenvalue weighted by atomic mass is 10.0. The van der Waals surface area contributed by atoms with Gasteiger partial charge in [0.05, 0.1) is 11.1 Å². The molecule has 8 heteroatoms. The predicted octanol–water partition coefficient (Wildman–Crippen LogP) is 4.18. The summed E-state index contributed by atoms with van der Waals surface area (Å²) in [4.78, 5) is 30.9. The summed E-state index contributed by atoms with van der Waals surface area (Å²) >= 11 is 0. The number of aromatic nitrogens is 2. The van der Waals surface area contributed by atoms with Gasteiger partial charge in [-0.1, -0.05) is 0 Å². The molecule has 0 unspecified atom stereocenters. The molecule has 0 radical (unpaired) electrons. The van der Waals surface area contributed by atoms with Crippen LogP contribution in [0.1, 0.15) is 38.8 Å². The first-order chi connectivity index (χ1) is 15.7. The standard InChI is InChI=1S/C25H31N5O3/c1-16-13-18-14-19(7-8-21(18)30(16)24(32)26-4)29(12-10-25(2,3)33)20-9-11-27-22(15-20)28-23(31)17-5-6-17/h7-9,11,13-15,17,33H,5-6,10,12H2,1-4H3,(H,26,32)(H,27,28,31). The lowest BCUT2D eigenvalue weighted by Crippen LogP contribution is -2.28. The normalized spacial score (nSPS) is 13.7.